The Bertz CT molecular complexity index is 786. The van der Waals surface area contributed by atoms with Crippen molar-refractivity contribution in [3.05, 3.63) is 61.4 Å². The molecule has 142 valence electrons. The van der Waals surface area contributed by atoms with E-state index in [2.05, 4.69) is 33.4 Å². The predicted molar refractivity (Wildman–Crippen MR) is 104 cm³/mol. The molecule has 0 spiro atoms. The molecule has 0 aliphatic carbocycles. The van der Waals surface area contributed by atoms with Crippen molar-refractivity contribution in [2.24, 2.45) is 4.99 Å². The molecule has 1 atom stereocenters. The van der Waals surface area contributed by atoms with Crippen molar-refractivity contribution in [3.63, 3.8) is 0 Å². The fourth-order valence-corrected chi connectivity index (χ4v) is 2.75. The number of likely N-dealkylation sites (N-methyl/N-ethyl adjacent to an activating group) is 2. The van der Waals surface area contributed by atoms with Crippen LogP contribution in [0.3, 0.4) is 0 Å². The van der Waals surface area contributed by atoms with E-state index in [1.165, 1.54) is 23.5 Å². The van der Waals surface area contributed by atoms with Crippen LogP contribution >= 0.6 is 0 Å². The molecule has 1 N–H and O–H groups in total. The summed E-state index contributed by atoms with van der Waals surface area (Å²) in [5.41, 5.74) is 0.707. The molecule has 0 saturated heterocycles. The van der Waals surface area contributed by atoms with Gasteiger partial charge in [0.1, 0.15) is 5.84 Å². The normalized spacial score (nSPS) is 16.5. The number of carbonyl (C=O) groups is 2. The van der Waals surface area contributed by atoms with Crippen molar-refractivity contribution in [2.75, 3.05) is 27.2 Å². The second kappa shape index (κ2) is 9.54. The minimum Gasteiger partial charge on any atom is -0.344 e. The van der Waals surface area contributed by atoms with E-state index in [9.17, 15) is 9.59 Å². The number of aromatic nitrogens is 2. The first kappa shape index (κ1) is 20.2. The maximum atomic E-state index is 12.9. The molecule has 2 amide bonds. The number of nitrogens with zero attached hydrogens (tertiary/aromatic N) is 5. The summed E-state index contributed by atoms with van der Waals surface area (Å²) >= 11 is 0. The molecule has 8 nitrogen and oxygen atoms in total. The van der Waals surface area contributed by atoms with Gasteiger partial charge in [0.05, 0.1) is 18.2 Å². The van der Waals surface area contributed by atoms with Crippen molar-refractivity contribution >= 4 is 17.6 Å². The van der Waals surface area contributed by atoms with E-state index in [0.717, 1.165) is 0 Å². The highest BCUT2D eigenvalue weighted by Crippen LogP contribution is 2.34. The highest BCUT2D eigenvalue weighted by atomic mass is 16.2. The number of aliphatic imine (C=N–C) groups is 1. The number of fused-ring (bicyclic) bond motifs is 1. The quantitative estimate of drug-likeness (QED) is 0.425. The summed E-state index contributed by atoms with van der Waals surface area (Å²) in [6, 6.07) is -0.584. The number of allylic oxidation sites excluding steroid dienone is 2. The second-order valence-electron chi connectivity index (χ2n) is 5.87. The van der Waals surface area contributed by atoms with Gasteiger partial charge < -0.3 is 10.2 Å². The molecule has 1 aromatic rings. The van der Waals surface area contributed by atoms with Gasteiger partial charge in [-0.25, -0.2) is 9.98 Å². The monoisotopic (exact) mass is 368 g/mol. The number of amidine groups is 1. The van der Waals surface area contributed by atoms with Crippen LogP contribution in [0, 0.1) is 0 Å². The van der Waals surface area contributed by atoms with E-state index in [1.54, 1.807) is 30.2 Å². The molecule has 2 heterocycles. The molecule has 1 aliphatic heterocycles. The summed E-state index contributed by atoms with van der Waals surface area (Å²) in [7, 11) is 3.56. The number of carbonyl (C=O) groups excluding carboxylic acids is 2. The summed E-state index contributed by atoms with van der Waals surface area (Å²) in [4.78, 5) is 41.3. The molecule has 1 aromatic heterocycles. The van der Waals surface area contributed by atoms with Gasteiger partial charge in [0.15, 0.2) is 5.69 Å². The van der Waals surface area contributed by atoms with E-state index in [4.69, 9.17) is 0 Å². The van der Waals surface area contributed by atoms with Crippen molar-refractivity contribution in [3.8, 4) is 0 Å². The number of hydrogen-bond donors (Lipinski definition) is 1. The van der Waals surface area contributed by atoms with Crippen LogP contribution in [0.2, 0.25) is 0 Å². The van der Waals surface area contributed by atoms with Crippen LogP contribution in [0.1, 0.15) is 28.6 Å². The summed E-state index contributed by atoms with van der Waals surface area (Å²) < 4.78 is 0. The molecule has 0 radical (unpaired) electrons. The first-order valence-electron chi connectivity index (χ1n) is 8.56. The van der Waals surface area contributed by atoms with Gasteiger partial charge in [-0.1, -0.05) is 25.3 Å². The molecule has 0 saturated carbocycles. The number of rotatable bonds is 8. The minimum absolute atomic E-state index is 0.0791. The lowest BCUT2D eigenvalue weighted by Gasteiger charge is -2.26. The third kappa shape index (κ3) is 4.53. The van der Waals surface area contributed by atoms with Crippen LogP contribution in [-0.4, -0.2) is 64.6 Å². The number of nitrogens with one attached hydrogen (secondary N) is 1. The second-order valence-corrected chi connectivity index (χ2v) is 5.87. The van der Waals surface area contributed by atoms with E-state index < -0.39 is 6.04 Å². The lowest BCUT2D eigenvalue weighted by Crippen LogP contribution is -2.38. The van der Waals surface area contributed by atoms with Crippen molar-refractivity contribution in [1.29, 1.82) is 0 Å². The maximum Gasteiger partial charge on any atom is 0.280 e. The Kier molecular flexibility index (Phi) is 7.13. The predicted octanol–water partition coefficient (Wildman–Crippen LogP) is 1.33. The van der Waals surface area contributed by atoms with E-state index in [-0.39, 0.29) is 23.9 Å². The molecular formula is C19H24N6O2. The van der Waals surface area contributed by atoms with Crippen molar-refractivity contribution in [1.82, 2.24) is 25.1 Å². The summed E-state index contributed by atoms with van der Waals surface area (Å²) in [5, 5.41) is 3.01. The van der Waals surface area contributed by atoms with Gasteiger partial charge in [-0.15, -0.1) is 0 Å². The Morgan fingerprint density at radius 2 is 2.15 bits per heavy atom. The van der Waals surface area contributed by atoms with Crippen LogP contribution < -0.4 is 5.32 Å². The largest absolute Gasteiger partial charge is 0.344 e. The van der Waals surface area contributed by atoms with E-state index in [1.807, 2.05) is 7.05 Å². The molecule has 0 aromatic carbocycles. The van der Waals surface area contributed by atoms with Crippen LogP contribution in [0.4, 0.5) is 0 Å². The third-order valence-corrected chi connectivity index (χ3v) is 4.12. The van der Waals surface area contributed by atoms with Crippen LogP contribution in [0.5, 0.6) is 0 Å². The number of hydrogen-bond acceptors (Lipinski definition) is 6. The molecule has 1 aliphatic rings. The summed E-state index contributed by atoms with van der Waals surface area (Å²) in [6.45, 7) is 8.48. The Morgan fingerprint density at radius 1 is 1.41 bits per heavy atom. The zero-order valence-corrected chi connectivity index (χ0v) is 15.6. The highest BCUT2D eigenvalue weighted by molar-refractivity contribution is 6.12. The third-order valence-electron chi connectivity index (χ3n) is 4.12. The Labute approximate surface area is 159 Å². The summed E-state index contributed by atoms with van der Waals surface area (Å²) in [6.07, 6.45) is 9.28. The molecule has 2 rings (SSSR count). The van der Waals surface area contributed by atoms with Gasteiger partial charge in [-0.3, -0.25) is 19.5 Å². The molecule has 1 unspecified atom stereocenters. The van der Waals surface area contributed by atoms with Crippen LogP contribution in [0.25, 0.3) is 0 Å². The van der Waals surface area contributed by atoms with Gasteiger partial charge in [0.25, 0.3) is 5.91 Å². The maximum absolute atomic E-state index is 12.9. The first-order chi connectivity index (χ1) is 13.0. The van der Waals surface area contributed by atoms with Gasteiger partial charge in [0.2, 0.25) is 5.91 Å². The Hall–Kier alpha value is -3.13. The first-order valence-corrected chi connectivity index (χ1v) is 8.56. The average Bonchev–Trinajstić information content (AvgIpc) is 2.95. The molecule has 0 bridgehead atoms. The topological polar surface area (TPSA) is 90.8 Å². The Balaban J connectivity index is 2.39. The zero-order valence-electron chi connectivity index (χ0n) is 15.6. The molecule has 27 heavy (non-hydrogen) atoms. The van der Waals surface area contributed by atoms with Gasteiger partial charge in [-0.05, 0) is 13.1 Å². The fourth-order valence-electron chi connectivity index (χ4n) is 2.75. The SMILES string of the molecule is C=C/C=C\C(=NC=C)N1C(=O)c2nccnc2C1CC(=O)N(C)CCNC. The molecular weight excluding hydrogens is 344 g/mol. The number of amides is 2. The van der Waals surface area contributed by atoms with Crippen LogP contribution in [0.15, 0.2) is 55.0 Å². The van der Waals surface area contributed by atoms with Crippen LogP contribution in [-0.2, 0) is 4.79 Å². The lowest BCUT2D eigenvalue weighted by atomic mass is 10.1. The summed E-state index contributed by atoms with van der Waals surface area (Å²) in [5.74, 6) is -0.0920. The van der Waals surface area contributed by atoms with Gasteiger partial charge in [0, 0.05) is 38.7 Å². The Morgan fingerprint density at radius 3 is 2.81 bits per heavy atom. The highest BCUT2D eigenvalue weighted by Gasteiger charge is 2.42. The van der Waals surface area contributed by atoms with Gasteiger partial charge >= 0.3 is 0 Å². The van der Waals surface area contributed by atoms with Crippen molar-refractivity contribution < 1.29 is 9.59 Å². The lowest BCUT2D eigenvalue weighted by molar-refractivity contribution is -0.130. The molecule has 8 heteroatoms. The van der Waals surface area contributed by atoms with Crippen molar-refractivity contribution in [2.45, 2.75) is 12.5 Å². The molecule has 0 fully saturated rings. The van der Waals surface area contributed by atoms with E-state index in [0.29, 0.717) is 24.6 Å². The van der Waals surface area contributed by atoms with E-state index >= 15 is 0 Å². The fraction of sp³-hybridized carbons (Fsp3) is 0.316. The standard InChI is InChI=1S/C19H24N6O2/c1-5-7-8-15(21-6-2)25-14(13-16(26)24(4)12-11-20-3)17-18(19(25)27)23-10-9-22-17/h5-10,14,20H,1-2,11-13H2,3-4H3/b8-7-,21-15?. The average molecular weight is 368 g/mol. The smallest absolute Gasteiger partial charge is 0.280 e. The minimum atomic E-state index is -0.584. The zero-order chi connectivity index (χ0) is 19.8. The van der Waals surface area contributed by atoms with Gasteiger partial charge in [-0.2, -0.15) is 0 Å².